The molecule has 0 amide bonds. The molecular weight excluding hydrogens is 278 g/mol. The molecule has 0 saturated carbocycles. The summed E-state index contributed by atoms with van der Waals surface area (Å²) in [4.78, 5) is 1.34. The van der Waals surface area contributed by atoms with E-state index in [1.54, 1.807) is 7.11 Å². The minimum Gasteiger partial charge on any atom is -0.383 e. The number of hydrogen-bond acceptors (Lipinski definition) is 3. The van der Waals surface area contributed by atoms with Crippen molar-refractivity contribution in [1.29, 1.82) is 0 Å². The highest BCUT2D eigenvalue weighted by molar-refractivity contribution is 7.99. The van der Waals surface area contributed by atoms with Crippen LogP contribution < -0.4 is 5.32 Å². The van der Waals surface area contributed by atoms with Crippen molar-refractivity contribution < 1.29 is 4.74 Å². The van der Waals surface area contributed by atoms with Crippen molar-refractivity contribution in [3.63, 3.8) is 0 Å². The van der Waals surface area contributed by atoms with Crippen LogP contribution in [-0.4, -0.2) is 26.0 Å². The van der Waals surface area contributed by atoms with E-state index in [0.717, 1.165) is 31.9 Å². The minimum absolute atomic E-state index is 0.755. The van der Waals surface area contributed by atoms with E-state index in [0.29, 0.717) is 0 Å². The number of ether oxygens (including phenoxy) is 1. The SMILES string of the molecule is COCCNCc1cccc(SCCc2ccccc2)c1. The third-order valence-electron chi connectivity index (χ3n) is 3.21. The third kappa shape index (κ3) is 6.34. The molecule has 0 atom stereocenters. The molecule has 21 heavy (non-hydrogen) atoms. The van der Waals surface area contributed by atoms with E-state index >= 15 is 0 Å². The molecule has 2 aromatic rings. The molecule has 0 bridgehead atoms. The zero-order valence-corrected chi connectivity index (χ0v) is 13.4. The summed E-state index contributed by atoms with van der Waals surface area (Å²) in [6, 6.07) is 19.4. The summed E-state index contributed by atoms with van der Waals surface area (Å²) < 4.78 is 5.03. The largest absolute Gasteiger partial charge is 0.383 e. The first-order chi connectivity index (χ1) is 10.4. The molecule has 112 valence electrons. The number of methoxy groups -OCH3 is 1. The highest BCUT2D eigenvalue weighted by Gasteiger charge is 1.98. The molecule has 0 radical (unpaired) electrons. The first-order valence-corrected chi connectivity index (χ1v) is 8.32. The van der Waals surface area contributed by atoms with Crippen molar-refractivity contribution in [2.45, 2.75) is 17.9 Å². The molecule has 2 aromatic carbocycles. The van der Waals surface area contributed by atoms with Gasteiger partial charge in [-0.05, 0) is 29.7 Å². The Morgan fingerprint density at radius 3 is 2.62 bits per heavy atom. The molecule has 0 aliphatic rings. The molecule has 1 N–H and O–H groups in total. The highest BCUT2D eigenvalue weighted by atomic mass is 32.2. The topological polar surface area (TPSA) is 21.3 Å². The summed E-state index contributed by atoms with van der Waals surface area (Å²) in [5, 5.41) is 3.38. The van der Waals surface area contributed by atoms with Crippen LogP contribution in [0.1, 0.15) is 11.1 Å². The summed E-state index contributed by atoms with van der Waals surface area (Å²) in [6.07, 6.45) is 1.11. The summed E-state index contributed by atoms with van der Waals surface area (Å²) in [5.74, 6) is 1.12. The van der Waals surface area contributed by atoms with Gasteiger partial charge >= 0.3 is 0 Å². The third-order valence-corrected chi connectivity index (χ3v) is 4.21. The van der Waals surface area contributed by atoms with Gasteiger partial charge in [0, 0.05) is 30.8 Å². The van der Waals surface area contributed by atoms with Gasteiger partial charge in [-0.15, -0.1) is 11.8 Å². The van der Waals surface area contributed by atoms with Crippen molar-refractivity contribution in [3.05, 3.63) is 65.7 Å². The fourth-order valence-corrected chi connectivity index (χ4v) is 3.07. The lowest BCUT2D eigenvalue weighted by Gasteiger charge is -2.07. The quantitative estimate of drug-likeness (QED) is 0.563. The van der Waals surface area contributed by atoms with Gasteiger partial charge in [0.1, 0.15) is 0 Å². The minimum atomic E-state index is 0.755. The van der Waals surface area contributed by atoms with E-state index in [1.807, 2.05) is 11.8 Å². The van der Waals surface area contributed by atoms with Crippen LogP contribution in [0.15, 0.2) is 59.5 Å². The van der Waals surface area contributed by atoms with Crippen LogP contribution in [-0.2, 0) is 17.7 Å². The monoisotopic (exact) mass is 301 g/mol. The fraction of sp³-hybridized carbons (Fsp3) is 0.333. The Hall–Kier alpha value is -1.29. The van der Waals surface area contributed by atoms with Crippen LogP contribution in [0.5, 0.6) is 0 Å². The summed E-state index contributed by atoms with van der Waals surface area (Å²) >= 11 is 1.92. The van der Waals surface area contributed by atoms with Gasteiger partial charge in [-0.2, -0.15) is 0 Å². The predicted octanol–water partition coefficient (Wildman–Crippen LogP) is 3.76. The van der Waals surface area contributed by atoms with Gasteiger partial charge < -0.3 is 10.1 Å². The summed E-state index contributed by atoms with van der Waals surface area (Å²) in [6.45, 7) is 2.55. The number of thioether (sulfide) groups is 1. The number of hydrogen-bond donors (Lipinski definition) is 1. The lowest BCUT2D eigenvalue weighted by molar-refractivity contribution is 0.199. The van der Waals surface area contributed by atoms with E-state index in [4.69, 9.17) is 4.74 Å². The van der Waals surface area contributed by atoms with E-state index in [9.17, 15) is 0 Å². The maximum Gasteiger partial charge on any atom is 0.0587 e. The first-order valence-electron chi connectivity index (χ1n) is 7.34. The second-order valence-corrected chi connectivity index (χ2v) is 6.07. The second kappa shape index (κ2) is 9.61. The van der Waals surface area contributed by atoms with Crippen LogP contribution in [0.4, 0.5) is 0 Å². The van der Waals surface area contributed by atoms with Crippen molar-refractivity contribution in [3.8, 4) is 0 Å². The summed E-state index contributed by atoms with van der Waals surface area (Å²) in [5.41, 5.74) is 2.73. The molecule has 2 nitrogen and oxygen atoms in total. The predicted molar refractivity (Wildman–Crippen MR) is 90.9 cm³/mol. The Labute approximate surface area is 131 Å². The van der Waals surface area contributed by atoms with Gasteiger partial charge in [0.05, 0.1) is 6.61 Å². The summed E-state index contributed by atoms with van der Waals surface area (Å²) in [7, 11) is 1.73. The molecule has 0 spiro atoms. The van der Waals surface area contributed by atoms with Crippen LogP contribution in [0, 0.1) is 0 Å². The molecule has 0 aliphatic carbocycles. The van der Waals surface area contributed by atoms with Crippen LogP contribution in [0.25, 0.3) is 0 Å². The second-order valence-electron chi connectivity index (χ2n) is 4.90. The van der Waals surface area contributed by atoms with Gasteiger partial charge in [0.2, 0.25) is 0 Å². The van der Waals surface area contributed by atoms with E-state index < -0.39 is 0 Å². The van der Waals surface area contributed by atoms with Crippen molar-refractivity contribution in [1.82, 2.24) is 5.32 Å². The lowest BCUT2D eigenvalue weighted by atomic mass is 10.2. The normalized spacial score (nSPS) is 10.7. The molecule has 3 heteroatoms. The maximum atomic E-state index is 5.03. The van der Waals surface area contributed by atoms with Gasteiger partial charge in [0.25, 0.3) is 0 Å². The molecular formula is C18H23NOS. The molecule has 0 aromatic heterocycles. The lowest BCUT2D eigenvalue weighted by Crippen LogP contribution is -2.18. The zero-order chi connectivity index (χ0) is 14.8. The average molecular weight is 301 g/mol. The highest BCUT2D eigenvalue weighted by Crippen LogP contribution is 2.20. The molecule has 0 saturated heterocycles. The smallest absolute Gasteiger partial charge is 0.0587 e. The molecule has 2 rings (SSSR count). The zero-order valence-electron chi connectivity index (χ0n) is 12.5. The molecule has 0 heterocycles. The van der Waals surface area contributed by atoms with Crippen LogP contribution in [0.3, 0.4) is 0 Å². The Morgan fingerprint density at radius 1 is 1.00 bits per heavy atom. The van der Waals surface area contributed by atoms with Crippen LogP contribution in [0.2, 0.25) is 0 Å². The van der Waals surface area contributed by atoms with Crippen LogP contribution >= 0.6 is 11.8 Å². The van der Waals surface area contributed by atoms with Gasteiger partial charge in [-0.3, -0.25) is 0 Å². The Morgan fingerprint density at radius 2 is 1.81 bits per heavy atom. The van der Waals surface area contributed by atoms with E-state index in [1.165, 1.54) is 16.0 Å². The Kier molecular flexibility index (Phi) is 7.36. The van der Waals surface area contributed by atoms with E-state index in [-0.39, 0.29) is 0 Å². The maximum absolute atomic E-state index is 5.03. The number of aryl methyl sites for hydroxylation is 1. The van der Waals surface area contributed by atoms with Gasteiger partial charge in [-0.25, -0.2) is 0 Å². The number of rotatable bonds is 9. The first kappa shape index (κ1) is 16.1. The van der Waals surface area contributed by atoms with Gasteiger partial charge in [0.15, 0.2) is 0 Å². The molecule has 0 unspecified atom stereocenters. The van der Waals surface area contributed by atoms with Gasteiger partial charge in [-0.1, -0.05) is 42.5 Å². The molecule has 0 aliphatic heterocycles. The van der Waals surface area contributed by atoms with Crippen molar-refractivity contribution in [2.75, 3.05) is 26.0 Å². The molecule has 0 fully saturated rings. The Balaban J connectivity index is 1.75. The standard InChI is InChI=1S/C18H23NOS/c1-20-12-11-19-15-17-8-5-9-18(14-17)21-13-10-16-6-3-2-4-7-16/h2-9,14,19H,10-13,15H2,1H3. The van der Waals surface area contributed by atoms with Crippen molar-refractivity contribution >= 4 is 11.8 Å². The number of benzene rings is 2. The number of nitrogens with one attached hydrogen (secondary N) is 1. The van der Waals surface area contributed by atoms with Crippen molar-refractivity contribution in [2.24, 2.45) is 0 Å². The average Bonchev–Trinajstić information content (AvgIpc) is 2.53. The fourth-order valence-electron chi connectivity index (χ4n) is 2.08. The van der Waals surface area contributed by atoms with E-state index in [2.05, 4.69) is 59.9 Å². The Bertz CT molecular complexity index is 516.